The van der Waals surface area contributed by atoms with Crippen LogP contribution in [0, 0.1) is 0 Å². The highest BCUT2D eigenvalue weighted by atomic mass is 16.5. The maximum atomic E-state index is 13.2. The minimum absolute atomic E-state index is 0.0391. The number of ether oxygens (including phenoxy) is 1. The van der Waals surface area contributed by atoms with Gasteiger partial charge in [-0.25, -0.2) is 0 Å². The molecule has 1 amide bonds. The zero-order valence-corrected chi connectivity index (χ0v) is 42.4. The number of aliphatic hydroxyl groups excluding tert-OH is 2. The van der Waals surface area contributed by atoms with E-state index < -0.39 is 18.2 Å². The summed E-state index contributed by atoms with van der Waals surface area (Å²) >= 11 is 0. The third-order valence-electron chi connectivity index (χ3n) is 12.4. The van der Waals surface area contributed by atoms with Gasteiger partial charge in [-0.15, -0.1) is 0 Å². The van der Waals surface area contributed by atoms with E-state index in [1.165, 1.54) is 154 Å². The van der Waals surface area contributed by atoms with Crippen molar-refractivity contribution in [2.45, 2.75) is 289 Å². The zero-order valence-electron chi connectivity index (χ0n) is 42.4. The Kier molecular flexibility index (Phi) is 49.6. The molecule has 0 rings (SSSR count). The number of hydrogen-bond donors (Lipinski definition) is 3. The number of esters is 1. The van der Waals surface area contributed by atoms with Crippen molar-refractivity contribution in [1.82, 2.24) is 5.32 Å². The van der Waals surface area contributed by atoms with Crippen LogP contribution in [0.15, 0.2) is 60.8 Å². The highest BCUT2D eigenvalue weighted by molar-refractivity contribution is 5.77. The molecule has 0 aromatic heterocycles. The summed E-state index contributed by atoms with van der Waals surface area (Å²) in [4.78, 5) is 26.2. The van der Waals surface area contributed by atoms with Gasteiger partial charge in [-0.1, -0.05) is 255 Å². The second-order valence-electron chi connectivity index (χ2n) is 18.7. The zero-order chi connectivity index (χ0) is 46.7. The fraction of sp³-hybridized carbons (Fsp3) is 0.793. The number of carbonyl (C=O) groups excluding carboxylic acids is 2. The standard InChI is InChI=1S/C58H105NO5/c1-4-7-10-13-16-19-22-25-28-30-32-35-38-41-44-47-50-56(61)55(53-60)59-57(62)52-54(49-46-43-40-37-34-31-27-24-21-18-15-12-9-6-3)64-58(63)51-48-45-42-39-36-33-29-26-23-20-17-14-11-8-5-2/h8,11,14,17,20,23,31,34,37,40,54-56,60-61H,4-7,9-10,12-13,15-16,18-19,21-22,24-30,32-33,35-36,38-39,41-53H2,1-3H3,(H,59,62)/b11-8+,17-14+,23-20+,34-31+,40-37+. The number of amides is 1. The number of allylic oxidation sites excluding steroid dienone is 10. The smallest absolute Gasteiger partial charge is 0.306 e. The summed E-state index contributed by atoms with van der Waals surface area (Å²) in [7, 11) is 0. The van der Waals surface area contributed by atoms with Gasteiger partial charge in [-0.05, 0) is 64.2 Å². The minimum atomic E-state index is -0.803. The molecule has 0 fully saturated rings. The molecule has 0 aliphatic rings. The molecule has 0 radical (unpaired) electrons. The van der Waals surface area contributed by atoms with Gasteiger partial charge < -0.3 is 20.3 Å². The van der Waals surface area contributed by atoms with Gasteiger partial charge in [-0.3, -0.25) is 9.59 Å². The molecule has 372 valence electrons. The van der Waals surface area contributed by atoms with Crippen LogP contribution in [0.2, 0.25) is 0 Å². The molecule has 0 aliphatic heterocycles. The molecular formula is C58H105NO5. The second-order valence-corrected chi connectivity index (χ2v) is 18.7. The van der Waals surface area contributed by atoms with E-state index in [4.69, 9.17) is 4.74 Å². The summed E-state index contributed by atoms with van der Waals surface area (Å²) in [6.45, 7) is 6.35. The molecule has 64 heavy (non-hydrogen) atoms. The van der Waals surface area contributed by atoms with Crippen LogP contribution >= 0.6 is 0 Å². The first kappa shape index (κ1) is 61.6. The van der Waals surface area contributed by atoms with Crippen molar-refractivity contribution in [2.24, 2.45) is 0 Å². The third-order valence-corrected chi connectivity index (χ3v) is 12.4. The molecule has 0 spiro atoms. The van der Waals surface area contributed by atoms with Crippen molar-refractivity contribution < 1.29 is 24.5 Å². The fourth-order valence-electron chi connectivity index (χ4n) is 8.25. The average molecular weight is 896 g/mol. The lowest BCUT2D eigenvalue weighted by Crippen LogP contribution is -2.46. The van der Waals surface area contributed by atoms with Gasteiger partial charge in [0.1, 0.15) is 6.10 Å². The summed E-state index contributed by atoms with van der Waals surface area (Å²) in [5.41, 5.74) is 0. The van der Waals surface area contributed by atoms with Crippen LogP contribution in [-0.2, 0) is 14.3 Å². The van der Waals surface area contributed by atoms with Gasteiger partial charge in [0, 0.05) is 6.42 Å². The van der Waals surface area contributed by atoms with E-state index in [1.807, 2.05) is 0 Å². The molecule has 0 aliphatic carbocycles. The fourth-order valence-corrected chi connectivity index (χ4v) is 8.25. The van der Waals surface area contributed by atoms with Gasteiger partial charge >= 0.3 is 5.97 Å². The number of hydrogen-bond acceptors (Lipinski definition) is 5. The molecule has 3 atom stereocenters. The number of nitrogens with one attached hydrogen (secondary N) is 1. The summed E-state index contributed by atoms with van der Waals surface area (Å²) < 4.78 is 5.92. The molecular weight excluding hydrogens is 791 g/mol. The summed E-state index contributed by atoms with van der Waals surface area (Å²) in [6, 6.07) is -0.720. The Morgan fingerprint density at radius 3 is 1.31 bits per heavy atom. The normalized spacial score (nSPS) is 13.6. The van der Waals surface area contributed by atoms with E-state index >= 15 is 0 Å². The van der Waals surface area contributed by atoms with Crippen molar-refractivity contribution in [3.63, 3.8) is 0 Å². The first-order valence-electron chi connectivity index (χ1n) is 27.6. The van der Waals surface area contributed by atoms with Crippen LogP contribution in [0.5, 0.6) is 0 Å². The summed E-state index contributed by atoms with van der Waals surface area (Å²) in [5.74, 6) is -0.530. The Hall–Kier alpha value is -2.44. The molecule has 0 aromatic carbocycles. The molecule has 6 nitrogen and oxygen atoms in total. The molecule has 0 saturated carbocycles. The molecule has 6 heteroatoms. The number of unbranched alkanes of at least 4 members (excludes halogenated alkanes) is 30. The Balaban J connectivity index is 4.61. The predicted octanol–water partition coefficient (Wildman–Crippen LogP) is 16.8. The molecule has 0 bridgehead atoms. The van der Waals surface area contributed by atoms with Gasteiger partial charge in [0.05, 0.1) is 25.2 Å². The van der Waals surface area contributed by atoms with Crippen LogP contribution in [0.3, 0.4) is 0 Å². The topological polar surface area (TPSA) is 95.9 Å². The average Bonchev–Trinajstić information content (AvgIpc) is 3.29. The predicted molar refractivity (Wildman–Crippen MR) is 278 cm³/mol. The number of aliphatic hydroxyl groups is 2. The molecule has 3 N–H and O–H groups in total. The van der Waals surface area contributed by atoms with Gasteiger partial charge in [0.25, 0.3) is 0 Å². The Morgan fingerprint density at radius 1 is 0.469 bits per heavy atom. The van der Waals surface area contributed by atoms with Gasteiger partial charge in [-0.2, -0.15) is 0 Å². The minimum Gasteiger partial charge on any atom is -0.462 e. The first-order valence-corrected chi connectivity index (χ1v) is 27.6. The SMILES string of the molecule is CC/C=C/C=C/C=C/CCCCCCCCCC(=O)OC(CCC/C=C/C=C/CCCCCCCCC)CC(=O)NC(CO)C(O)CCCCCCCCCCCCCCCCCC. The van der Waals surface area contributed by atoms with E-state index in [-0.39, 0.29) is 24.9 Å². The van der Waals surface area contributed by atoms with E-state index in [0.717, 1.165) is 70.6 Å². The number of rotatable bonds is 49. The lowest BCUT2D eigenvalue weighted by molar-refractivity contribution is -0.151. The van der Waals surface area contributed by atoms with Crippen LogP contribution in [0.1, 0.15) is 271 Å². The van der Waals surface area contributed by atoms with Gasteiger partial charge in [0.15, 0.2) is 0 Å². The quantitative estimate of drug-likeness (QED) is 0.0321. The lowest BCUT2D eigenvalue weighted by Gasteiger charge is -2.24. The maximum absolute atomic E-state index is 13.2. The molecule has 0 saturated heterocycles. The summed E-state index contributed by atoms with van der Waals surface area (Å²) in [5, 5.41) is 23.8. The van der Waals surface area contributed by atoms with Crippen molar-refractivity contribution in [3.05, 3.63) is 60.8 Å². The van der Waals surface area contributed by atoms with E-state index in [9.17, 15) is 19.8 Å². The second kappa shape index (κ2) is 51.5. The van der Waals surface area contributed by atoms with Crippen molar-refractivity contribution in [3.8, 4) is 0 Å². The Morgan fingerprint density at radius 2 is 0.859 bits per heavy atom. The van der Waals surface area contributed by atoms with Crippen molar-refractivity contribution >= 4 is 11.9 Å². The third kappa shape index (κ3) is 46.1. The van der Waals surface area contributed by atoms with Crippen LogP contribution in [0.25, 0.3) is 0 Å². The lowest BCUT2D eigenvalue weighted by atomic mass is 10.0. The van der Waals surface area contributed by atoms with E-state index in [0.29, 0.717) is 19.3 Å². The van der Waals surface area contributed by atoms with Crippen LogP contribution < -0.4 is 5.32 Å². The largest absolute Gasteiger partial charge is 0.462 e. The molecule has 0 aromatic rings. The Labute approximate surface area is 397 Å². The van der Waals surface area contributed by atoms with Crippen molar-refractivity contribution in [2.75, 3.05) is 6.61 Å². The van der Waals surface area contributed by atoms with Crippen LogP contribution in [0.4, 0.5) is 0 Å². The molecule has 3 unspecified atom stereocenters. The van der Waals surface area contributed by atoms with E-state index in [2.05, 4.69) is 86.8 Å². The van der Waals surface area contributed by atoms with E-state index in [1.54, 1.807) is 0 Å². The maximum Gasteiger partial charge on any atom is 0.306 e. The monoisotopic (exact) mass is 896 g/mol. The highest BCUT2D eigenvalue weighted by Gasteiger charge is 2.24. The summed E-state index contributed by atoms with van der Waals surface area (Å²) in [6.07, 6.45) is 64.3. The first-order chi connectivity index (χ1) is 31.5. The van der Waals surface area contributed by atoms with Crippen molar-refractivity contribution in [1.29, 1.82) is 0 Å². The highest BCUT2D eigenvalue weighted by Crippen LogP contribution is 2.17. The number of carbonyl (C=O) groups is 2. The Bertz CT molecular complexity index is 1140. The van der Waals surface area contributed by atoms with Gasteiger partial charge in [0.2, 0.25) is 5.91 Å². The molecule has 0 heterocycles. The van der Waals surface area contributed by atoms with Crippen LogP contribution in [-0.4, -0.2) is 46.9 Å².